The second kappa shape index (κ2) is 4.38. The molecule has 0 aliphatic rings. The maximum absolute atomic E-state index is 10.2. The number of carbonyl (C=O) groups is 2. The summed E-state index contributed by atoms with van der Waals surface area (Å²) in [7, 11) is 0. The molecule has 64 valence electrons. The highest BCUT2D eigenvalue weighted by Crippen LogP contribution is 2.10. The van der Waals surface area contributed by atoms with Gasteiger partial charge in [0.25, 0.3) is 0 Å². The number of aliphatic carboxylic acids is 2. The Morgan fingerprint density at radius 3 is 1.91 bits per heavy atom. The van der Waals surface area contributed by atoms with Gasteiger partial charge in [-0.25, -0.2) is 0 Å². The number of halogens is 2. The molecule has 0 heterocycles. The topological polar surface area (TPSA) is 77.8 Å². The Morgan fingerprint density at radius 1 is 1.36 bits per heavy atom. The maximum Gasteiger partial charge on any atom is 0.324 e. The predicted molar refractivity (Wildman–Crippen MR) is 37.2 cm³/mol. The summed E-state index contributed by atoms with van der Waals surface area (Å²) in [5.74, 6) is -2.65. The Labute approximate surface area is 72.3 Å². The minimum absolute atomic E-state index is 0.302. The number of carboxylic acid groups (broad SMARTS) is 2. The van der Waals surface area contributed by atoms with Gasteiger partial charge in [0.2, 0.25) is 0 Å². The van der Waals surface area contributed by atoms with Gasteiger partial charge in [0.05, 0.1) is 6.42 Å². The molecular weight excluding hydrogens is 197 g/mol. The number of nitrogens with zero attached hydrogens (tertiary/aromatic N) is 1. The van der Waals surface area contributed by atoms with E-state index in [0.717, 1.165) is 0 Å². The van der Waals surface area contributed by atoms with Crippen LogP contribution in [0.4, 0.5) is 0 Å². The van der Waals surface area contributed by atoms with E-state index in [1.54, 1.807) is 0 Å². The fourth-order valence-electron chi connectivity index (χ4n) is 0.405. The Balaban J connectivity index is 4.12. The van der Waals surface area contributed by atoms with Crippen molar-refractivity contribution in [2.75, 3.05) is 0 Å². The molecule has 0 saturated heterocycles. The van der Waals surface area contributed by atoms with Crippen LogP contribution in [-0.4, -0.2) is 32.1 Å². The van der Waals surface area contributed by atoms with Gasteiger partial charge in [0, 0.05) is 0 Å². The van der Waals surface area contributed by atoms with Crippen molar-refractivity contribution >= 4 is 35.5 Å². The molecule has 0 aromatic heterocycles. The molecule has 0 amide bonds. The SMILES string of the molecule is O=C(O)CC(C(=O)O)N(Cl)Cl. The van der Waals surface area contributed by atoms with Gasteiger partial charge < -0.3 is 10.2 Å². The van der Waals surface area contributed by atoms with E-state index in [-0.39, 0.29) is 0 Å². The van der Waals surface area contributed by atoms with Crippen LogP contribution in [0.3, 0.4) is 0 Å². The predicted octanol–water partition coefficient (Wildman–Crippen LogP) is 0.524. The molecular formula is C4H5Cl2NO4. The first-order valence-corrected chi connectivity index (χ1v) is 3.18. The average Bonchev–Trinajstić information content (AvgIpc) is 1.81. The van der Waals surface area contributed by atoms with Crippen LogP contribution in [0.25, 0.3) is 0 Å². The fourth-order valence-corrected chi connectivity index (χ4v) is 0.710. The second-order valence-corrected chi connectivity index (χ2v) is 2.61. The highest BCUT2D eigenvalue weighted by Gasteiger charge is 2.25. The van der Waals surface area contributed by atoms with Crippen molar-refractivity contribution in [1.82, 2.24) is 3.94 Å². The highest BCUT2D eigenvalue weighted by atomic mass is 35.5. The van der Waals surface area contributed by atoms with Crippen molar-refractivity contribution in [2.45, 2.75) is 12.5 Å². The van der Waals surface area contributed by atoms with Gasteiger partial charge in [-0.3, -0.25) is 9.59 Å². The summed E-state index contributed by atoms with van der Waals surface area (Å²) in [6.07, 6.45) is -0.637. The van der Waals surface area contributed by atoms with E-state index in [1.807, 2.05) is 0 Å². The minimum atomic E-state index is -1.41. The van der Waals surface area contributed by atoms with Crippen molar-refractivity contribution in [3.63, 3.8) is 0 Å². The van der Waals surface area contributed by atoms with Crippen LogP contribution < -0.4 is 0 Å². The number of hydrogen-bond donors (Lipinski definition) is 2. The van der Waals surface area contributed by atoms with Gasteiger partial charge in [-0.15, -0.1) is 3.94 Å². The zero-order chi connectivity index (χ0) is 9.02. The summed E-state index contributed by atoms with van der Waals surface area (Å²) in [6.45, 7) is 0. The van der Waals surface area contributed by atoms with Crippen molar-refractivity contribution in [1.29, 1.82) is 0 Å². The summed E-state index contributed by atoms with van der Waals surface area (Å²) in [5.41, 5.74) is 0. The Morgan fingerprint density at radius 2 is 1.82 bits per heavy atom. The summed E-state index contributed by atoms with van der Waals surface area (Å²) < 4.78 is 0.302. The summed E-state index contributed by atoms with van der Waals surface area (Å²) in [4.78, 5) is 20.2. The van der Waals surface area contributed by atoms with Crippen LogP contribution >= 0.6 is 23.6 Å². The molecule has 11 heavy (non-hydrogen) atoms. The Kier molecular flexibility index (Phi) is 4.17. The zero-order valence-electron chi connectivity index (χ0n) is 5.20. The molecule has 7 heteroatoms. The number of carboxylic acids is 2. The number of rotatable bonds is 4. The smallest absolute Gasteiger partial charge is 0.324 e. The van der Waals surface area contributed by atoms with Gasteiger partial charge in [0.15, 0.2) is 0 Å². The first-order valence-electron chi connectivity index (χ1n) is 2.50. The lowest BCUT2D eigenvalue weighted by atomic mass is 10.2. The van der Waals surface area contributed by atoms with Crippen LogP contribution in [0.5, 0.6) is 0 Å². The van der Waals surface area contributed by atoms with E-state index in [0.29, 0.717) is 3.94 Å². The monoisotopic (exact) mass is 201 g/mol. The highest BCUT2D eigenvalue weighted by molar-refractivity contribution is 6.35. The molecule has 0 aliphatic heterocycles. The van der Waals surface area contributed by atoms with E-state index in [1.165, 1.54) is 0 Å². The summed E-state index contributed by atoms with van der Waals surface area (Å²) >= 11 is 10.1. The van der Waals surface area contributed by atoms with Crippen LogP contribution in [0.1, 0.15) is 6.42 Å². The zero-order valence-corrected chi connectivity index (χ0v) is 6.71. The molecule has 0 spiro atoms. The molecule has 2 N–H and O–H groups in total. The first kappa shape index (κ1) is 10.5. The van der Waals surface area contributed by atoms with Crippen molar-refractivity contribution in [3.05, 3.63) is 0 Å². The Hall–Kier alpha value is -0.520. The summed E-state index contributed by atoms with van der Waals surface area (Å²) in [6, 6.07) is -1.41. The number of hydrogen-bond acceptors (Lipinski definition) is 3. The van der Waals surface area contributed by atoms with Crippen molar-refractivity contribution in [2.24, 2.45) is 0 Å². The lowest BCUT2D eigenvalue weighted by Gasteiger charge is -2.11. The molecule has 0 aromatic carbocycles. The van der Waals surface area contributed by atoms with E-state index in [4.69, 9.17) is 33.8 Å². The third kappa shape index (κ3) is 4.02. The second-order valence-electron chi connectivity index (χ2n) is 1.71. The third-order valence-electron chi connectivity index (χ3n) is 0.889. The third-order valence-corrected chi connectivity index (χ3v) is 1.36. The molecule has 0 aromatic rings. The van der Waals surface area contributed by atoms with Crippen LogP contribution in [0.2, 0.25) is 0 Å². The molecule has 1 unspecified atom stereocenters. The van der Waals surface area contributed by atoms with Crippen LogP contribution in [0.15, 0.2) is 0 Å². The molecule has 0 rings (SSSR count). The van der Waals surface area contributed by atoms with Gasteiger partial charge >= 0.3 is 11.9 Å². The molecule has 5 nitrogen and oxygen atoms in total. The lowest BCUT2D eigenvalue weighted by molar-refractivity contribution is -0.146. The van der Waals surface area contributed by atoms with E-state index in [9.17, 15) is 9.59 Å². The molecule has 0 radical (unpaired) electrons. The van der Waals surface area contributed by atoms with E-state index in [2.05, 4.69) is 0 Å². The molecule has 0 saturated carbocycles. The fraction of sp³-hybridized carbons (Fsp3) is 0.500. The van der Waals surface area contributed by atoms with Crippen LogP contribution in [0, 0.1) is 0 Å². The van der Waals surface area contributed by atoms with E-state index < -0.39 is 24.4 Å². The average molecular weight is 202 g/mol. The van der Waals surface area contributed by atoms with E-state index >= 15 is 0 Å². The van der Waals surface area contributed by atoms with Gasteiger partial charge in [-0.2, -0.15) is 0 Å². The molecule has 0 bridgehead atoms. The quantitative estimate of drug-likeness (QED) is 0.649. The molecule has 0 fully saturated rings. The van der Waals surface area contributed by atoms with Crippen molar-refractivity contribution < 1.29 is 19.8 Å². The van der Waals surface area contributed by atoms with Crippen LogP contribution in [-0.2, 0) is 9.59 Å². The van der Waals surface area contributed by atoms with Gasteiger partial charge in [-0.1, -0.05) is 0 Å². The first-order chi connectivity index (χ1) is 4.95. The summed E-state index contributed by atoms with van der Waals surface area (Å²) in [5, 5.41) is 16.5. The minimum Gasteiger partial charge on any atom is -0.481 e. The standard InChI is InChI=1S/C4H5Cl2NO4/c5-7(6)2(4(10)11)1-3(8)9/h2H,1H2,(H,8,9)(H,10,11). The lowest BCUT2D eigenvalue weighted by Crippen LogP contribution is -2.31. The largest absolute Gasteiger partial charge is 0.481 e. The Bertz CT molecular complexity index is 171. The molecule has 0 aliphatic carbocycles. The maximum atomic E-state index is 10.2. The van der Waals surface area contributed by atoms with Gasteiger partial charge in [0.1, 0.15) is 6.04 Å². The van der Waals surface area contributed by atoms with Crippen molar-refractivity contribution in [3.8, 4) is 0 Å². The molecule has 1 atom stereocenters. The normalized spacial score (nSPS) is 13.0. The van der Waals surface area contributed by atoms with Gasteiger partial charge in [-0.05, 0) is 23.6 Å².